The highest BCUT2D eigenvalue weighted by Gasteiger charge is 2.46. The lowest BCUT2D eigenvalue weighted by molar-refractivity contribution is -0.401. The lowest BCUT2D eigenvalue weighted by atomic mass is 9.74. The summed E-state index contributed by atoms with van der Waals surface area (Å²) in [5.74, 6) is -5.60. The fraction of sp³-hybridized carbons (Fsp3) is 0.379. The molecule has 20 nitrogen and oxygen atoms in total. The maximum atomic E-state index is 15.2. The number of amides is 7. The number of carbonyl (C=O) groups is 9. The van der Waals surface area contributed by atoms with Crippen LogP contribution in [0, 0.1) is 11.3 Å². The molecule has 20 heteroatoms. The molecule has 0 unspecified atom stereocenters. The number of benzene rings is 6. The predicted octanol–water partition coefficient (Wildman–Crippen LogP) is 10.2. The largest absolute Gasteiger partial charge is 0.465 e. The van der Waals surface area contributed by atoms with Crippen LogP contribution in [-0.2, 0) is 95.7 Å². The first kappa shape index (κ1) is 78.6. The van der Waals surface area contributed by atoms with E-state index < -0.39 is 70.8 Å². The minimum absolute atomic E-state index is 0.000251. The number of hydrogen-bond acceptors (Lipinski definition) is 12. The molecule has 7 amide bonds. The molecule has 1 fully saturated rings. The summed E-state index contributed by atoms with van der Waals surface area (Å²) in [6.45, 7) is 13.9. The maximum absolute atomic E-state index is 15.2. The lowest BCUT2D eigenvalue weighted by Crippen LogP contribution is -2.58. The Bertz CT molecular complexity index is 4350. The molecule has 6 aromatic carbocycles. The molecule has 0 aromatic heterocycles. The number of nitrogens with one attached hydrogen (secondary N) is 6. The first-order valence-corrected chi connectivity index (χ1v) is 37.5. The minimum atomic E-state index is -1.19. The molecule has 6 aromatic rings. The number of hydrogen-bond donors (Lipinski definition) is 6. The third-order valence-electron chi connectivity index (χ3n) is 20.8. The fourth-order valence-corrected chi connectivity index (χ4v) is 15.0. The number of para-hydroxylation sites is 2. The van der Waals surface area contributed by atoms with Crippen LogP contribution >= 0.6 is 0 Å². The molecule has 0 saturated carbocycles. The van der Waals surface area contributed by atoms with Crippen LogP contribution in [0.1, 0.15) is 125 Å². The third kappa shape index (κ3) is 20.1. The Kier molecular flexibility index (Phi) is 27.0. The Labute approximate surface area is 628 Å². The van der Waals surface area contributed by atoms with Gasteiger partial charge in [-0.2, -0.15) is 4.58 Å². The van der Waals surface area contributed by atoms with E-state index in [-0.39, 0.29) is 94.8 Å². The number of esters is 2. The van der Waals surface area contributed by atoms with Crippen molar-refractivity contribution in [2.75, 3.05) is 64.4 Å². The van der Waals surface area contributed by atoms with Crippen LogP contribution in [0.5, 0.6) is 0 Å². The van der Waals surface area contributed by atoms with E-state index in [1.165, 1.54) is 33.9 Å². The second-order valence-corrected chi connectivity index (χ2v) is 29.0. The molecule has 0 aliphatic carbocycles. The second-order valence-electron chi connectivity index (χ2n) is 29.0. The van der Waals surface area contributed by atoms with Crippen LogP contribution in [0.25, 0.3) is 11.1 Å². The van der Waals surface area contributed by atoms with E-state index in [4.69, 9.17) is 9.47 Å². The van der Waals surface area contributed by atoms with Crippen molar-refractivity contribution >= 4 is 70.4 Å². The topological polar surface area (TPSA) is 254 Å². The van der Waals surface area contributed by atoms with E-state index in [1.807, 2.05) is 78.9 Å². The third-order valence-corrected chi connectivity index (χ3v) is 20.8. The summed E-state index contributed by atoms with van der Waals surface area (Å²) < 4.78 is 12.6. The van der Waals surface area contributed by atoms with Crippen LogP contribution < -0.4 is 36.8 Å². The average molecular weight is 1450 g/mol. The van der Waals surface area contributed by atoms with Crippen molar-refractivity contribution < 1.29 is 57.2 Å². The summed E-state index contributed by atoms with van der Waals surface area (Å²) in [4.78, 5) is 128. The van der Waals surface area contributed by atoms with Crippen LogP contribution in [0.2, 0.25) is 0 Å². The minimum Gasteiger partial charge on any atom is -0.465 e. The summed E-state index contributed by atoms with van der Waals surface area (Å²) >= 11 is 0. The first-order chi connectivity index (χ1) is 51.6. The summed E-state index contributed by atoms with van der Waals surface area (Å²) in [6, 6.07) is 46.5. The molecule has 560 valence electrons. The van der Waals surface area contributed by atoms with Crippen molar-refractivity contribution in [3.63, 3.8) is 0 Å². The highest BCUT2D eigenvalue weighted by atomic mass is 16.6. The van der Waals surface area contributed by atoms with Gasteiger partial charge >= 0.3 is 11.9 Å². The van der Waals surface area contributed by atoms with Crippen molar-refractivity contribution in [3.8, 4) is 11.1 Å². The summed E-state index contributed by atoms with van der Waals surface area (Å²) in [5.41, 5.74) is 11.1. The van der Waals surface area contributed by atoms with Gasteiger partial charge in [-0.05, 0) is 129 Å². The molecule has 2 bridgehead atoms. The molecular formula is C87H102N9O11+. The second kappa shape index (κ2) is 36.8. The Hall–Kier alpha value is -11.0. The Balaban J connectivity index is 0.769. The van der Waals surface area contributed by atoms with Gasteiger partial charge in [0.1, 0.15) is 19.1 Å². The number of nitrogens with zero attached hydrogens (tertiary/aromatic N) is 3. The number of rotatable bonds is 24. The van der Waals surface area contributed by atoms with Gasteiger partial charge in [-0.3, -0.25) is 43.2 Å². The van der Waals surface area contributed by atoms with Crippen LogP contribution in [0.4, 0.5) is 11.4 Å². The van der Waals surface area contributed by atoms with Crippen molar-refractivity contribution in [1.29, 1.82) is 0 Å². The van der Waals surface area contributed by atoms with E-state index in [9.17, 15) is 38.4 Å². The zero-order valence-corrected chi connectivity index (χ0v) is 62.7. The van der Waals surface area contributed by atoms with Gasteiger partial charge in [-0.1, -0.05) is 178 Å². The molecule has 4 aliphatic rings. The Morgan fingerprint density at radius 3 is 2.03 bits per heavy atom. The van der Waals surface area contributed by atoms with Gasteiger partial charge in [0.2, 0.25) is 47.0 Å². The van der Waals surface area contributed by atoms with E-state index in [0.717, 1.165) is 59.4 Å². The molecule has 0 radical (unpaired) electrons. The van der Waals surface area contributed by atoms with Gasteiger partial charge < -0.3 is 51.2 Å². The first-order valence-electron chi connectivity index (χ1n) is 37.5. The number of fused-ring (bicyclic) bond motifs is 5. The zero-order valence-electron chi connectivity index (χ0n) is 62.7. The van der Waals surface area contributed by atoms with Gasteiger partial charge in [0.15, 0.2) is 11.6 Å². The molecule has 1 saturated heterocycles. The van der Waals surface area contributed by atoms with Gasteiger partial charge in [0.25, 0.3) is 0 Å². The predicted molar refractivity (Wildman–Crippen MR) is 415 cm³/mol. The summed E-state index contributed by atoms with van der Waals surface area (Å²) in [6.07, 6.45) is 16.8. The smallest absolute Gasteiger partial charge is 0.320 e. The summed E-state index contributed by atoms with van der Waals surface area (Å²) in [5, 5.41) is 17.6. The van der Waals surface area contributed by atoms with E-state index >= 15 is 4.79 Å². The van der Waals surface area contributed by atoms with E-state index in [0.29, 0.717) is 43.4 Å². The van der Waals surface area contributed by atoms with Gasteiger partial charge in [0, 0.05) is 105 Å². The lowest BCUT2D eigenvalue weighted by Gasteiger charge is -2.42. The molecule has 4 aliphatic heterocycles. The number of ether oxygens (including phenoxy) is 2. The number of unbranched alkanes of at least 4 members (excludes halogenated alkanes) is 2. The highest BCUT2D eigenvalue weighted by molar-refractivity contribution is 6.03. The van der Waals surface area contributed by atoms with Crippen molar-refractivity contribution in [3.05, 3.63) is 239 Å². The van der Waals surface area contributed by atoms with E-state index in [2.05, 4.69) is 155 Å². The Morgan fingerprint density at radius 2 is 1.32 bits per heavy atom. The quantitative estimate of drug-likeness (QED) is 0.0109. The van der Waals surface area contributed by atoms with E-state index in [1.54, 1.807) is 43.0 Å². The molecule has 0 spiro atoms. The van der Waals surface area contributed by atoms with Crippen LogP contribution in [0.3, 0.4) is 0 Å². The van der Waals surface area contributed by atoms with Crippen LogP contribution in [-0.4, -0.2) is 140 Å². The highest BCUT2D eigenvalue weighted by Crippen LogP contribution is 2.48. The molecule has 10 rings (SSSR count). The number of allylic oxidation sites excluding steroid dienone is 6. The fourth-order valence-electron chi connectivity index (χ4n) is 15.0. The van der Waals surface area contributed by atoms with Gasteiger partial charge in [0.05, 0.1) is 30.5 Å². The molecule has 4 heterocycles. The van der Waals surface area contributed by atoms with Crippen molar-refractivity contribution in [2.24, 2.45) is 11.3 Å². The summed E-state index contributed by atoms with van der Waals surface area (Å²) in [7, 11) is 2.12. The number of anilines is 1. The molecule has 107 heavy (non-hydrogen) atoms. The number of carbonyl (C=O) groups excluding carboxylic acids is 9. The SMILES string of the molecule is CCOC(=O)C(Cc1ccc(-c2ccc(C[C@@H]3NC(=O)[C@]4(Cc5ccccc5)CCCN(C4)C(=O)/C=C/C(=O)NCC[C@@H](C(=O)NCCNC(=O)CCCCCN4\C(=C/C=C/C=C/C5=[N+](C)c6ccccc6C5(C)C)C(C)(C)c5ccccc54)NC(=O)Cc4ccccc4CNC3=O)cc2)cc1)C(=O)OCC. The molecule has 3 atom stereocenters. The Morgan fingerprint density at radius 1 is 0.664 bits per heavy atom. The van der Waals surface area contributed by atoms with Gasteiger partial charge in [-0.25, -0.2) is 0 Å². The monoisotopic (exact) mass is 1450 g/mol. The van der Waals surface area contributed by atoms with Crippen molar-refractivity contribution in [1.82, 2.24) is 36.8 Å². The molecule has 6 N–H and O–H groups in total. The maximum Gasteiger partial charge on any atom is 0.320 e. The van der Waals surface area contributed by atoms with Gasteiger partial charge in [-0.15, -0.1) is 0 Å². The molecular weight excluding hydrogens is 1350 g/mol. The van der Waals surface area contributed by atoms with Crippen LogP contribution in [0.15, 0.2) is 200 Å². The normalized spacial score (nSPS) is 19.7. The zero-order chi connectivity index (χ0) is 76.1. The average Bonchev–Trinajstić information content (AvgIpc) is 1.62. The van der Waals surface area contributed by atoms with Crippen molar-refractivity contribution in [2.45, 2.75) is 142 Å². The number of piperidine rings is 1. The standard InChI is InChI=1S/C87H101N9O11/c1-8-106-82(103)67(83(104)107-9-2)54-60-37-41-63(42-38-60)64-43-39-61(40-44-64)55-71-81(102)91-58-66-29-19-18-28-65(66)56-78(99)92-70(47-49-88-77(98)45-46-79(100)95-52-25-48-87(59-95,84(105)93-71)57-62-26-13-10-14-27-62)80(101)90-51-50-89-76(97)36-17-12-24-53-96-73-33-23-21-31-69(73)86(5,6)75(96)35-16-11-15-34-74-85(3,4)68-30-20-22-32-72(68)94(74)7/h10-11,13-16,18-23,26-35,37-46,67,70-71H,8-9,12,17,24-25,36,47-59H2,1-7H3,(H5-,88,89,90,91,92,93,97,98,99,101,102,105)/p+1/b46-45+/t70-,71-,87-/m0/s1.